The Balaban J connectivity index is 2.62. The molecule has 1 N–H and O–H groups in total. The van der Waals surface area contributed by atoms with Crippen molar-refractivity contribution in [3.05, 3.63) is 23.0 Å². The molecule has 0 saturated heterocycles. The number of thiol groups is 1. The number of allylic oxidation sites excluding steroid dienone is 2. The van der Waals surface area contributed by atoms with Gasteiger partial charge in [0.05, 0.1) is 0 Å². The van der Waals surface area contributed by atoms with E-state index in [1.54, 1.807) is 16.9 Å². The van der Waals surface area contributed by atoms with E-state index in [-0.39, 0.29) is 0 Å². The molecule has 0 saturated carbocycles. The molecule has 2 nitrogen and oxygen atoms in total. The molecule has 0 aromatic carbocycles. The molecule has 1 aliphatic heterocycles. The van der Waals surface area contributed by atoms with Crippen LogP contribution in [0.2, 0.25) is 0 Å². The topological polar surface area (TPSA) is 37.3 Å². The normalized spacial score (nSPS) is 19.8. The molecule has 0 aromatic rings. The molecule has 1 atom stereocenters. The maximum Gasteiger partial charge on any atom is 0.351 e. The van der Waals surface area contributed by atoms with Gasteiger partial charge in [-0.1, -0.05) is 0 Å². The summed E-state index contributed by atoms with van der Waals surface area (Å²) in [6.07, 6.45) is 4.33. The average Bonchev–Trinajstić information content (AvgIpc) is 2.12. The first-order chi connectivity index (χ1) is 3.80. The minimum absolute atomic E-state index is 0.749. The molecule has 3 heteroatoms. The third-order valence-corrected chi connectivity index (χ3v) is 2.11. The number of carbonyl (C=O) groups is 1. The molecule has 1 aliphatic rings. The number of hydrogen-bond donors (Lipinski definition) is 2. The van der Waals surface area contributed by atoms with Gasteiger partial charge in [0, 0.05) is 0 Å². The quantitative estimate of drug-likeness (QED) is 0.486. The molecular weight excluding hydrogens is 124 g/mol. The summed E-state index contributed by atoms with van der Waals surface area (Å²) in [4.78, 5) is 10.1. The molecule has 1 rings (SSSR count). The third kappa shape index (κ3) is 0.924. The van der Waals surface area contributed by atoms with Crippen LogP contribution in [-0.4, -0.2) is 10.4 Å². The minimum atomic E-state index is -1.00. The van der Waals surface area contributed by atoms with E-state index in [4.69, 9.17) is 5.11 Å². The Bertz CT molecular complexity index is 148. The highest BCUT2D eigenvalue weighted by molar-refractivity contribution is 8.34. The number of carboxylic acid groups (broad SMARTS) is 1. The van der Waals surface area contributed by atoms with E-state index in [1.165, 1.54) is 0 Å². The van der Waals surface area contributed by atoms with Gasteiger partial charge >= 0.3 is 5.30 Å². The highest BCUT2D eigenvalue weighted by Crippen LogP contribution is 2.32. The van der Waals surface area contributed by atoms with E-state index < -0.39 is 16.2 Å². The predicted octanol–water partition coefficient (Wildman–Crippen LogP) is 1.51. The lowest BCUT2D eigenvalue weighted by atomic mass is 10.6. The summed E-state index contributed by atoms with van der Waals surface area (Å²) in [6, 6.07) is 0. The molecule has 43 valence electrons. The summed E-state index contributed by atoms with van der Waals surface area (Å²) in [6.45, 7) is 0. The van der Waals surface area contributed by atoms with Crippen LogP contribution in [0.4, 0.5) is 4.79 Å². The molecule has 0 bridgehead atoms. The van der Waals surface area contributed by atoms with Crippen molar-refractivity contribution in [3.8, 4) is 0 Å². The van der Waals surface area contributed by atoms with Gasteiger partial charge < -0.3 is 5.11 Å². The molecule has 8 heavy (non-hydrogen) atoms. The maximum absolute atomic E-state index is 10.1. The van der Waals surface area contributed by atoms with E-state index in [0.717, 1.165) is 0 Å². The summed E-state index contributed by atoms with van der Waals surface area (Å²) in [5.41, 5.74) is 0. The molecule has 1 radical (unpaired) electrons. The van der Waals surface area contributed by atoms with Crippen molar-refractivity contribution in [2.75, 3.05) is 0 Å². The van der Waals surface area contributed by atoms with Gasteiger partial charge in [-0.25, -0.2) is 4.79 Å². The Hall–Kier alpha value is -0.700. The fraction of sp³-hybridized carbons (Fsp3) is 0. The van der Waals surface area contributed by atoms with E-state index in [2.05, 4.69) is 6.08 Å². The lowest BCUT2D eigenvalue weighted by Gasteiger charge is -1.97. The first kappa shape index (κ1) is 5.44. The van der Waals surface area contributed by atoms with Crippen molar-refractivity contribution in [1.82, 2.24) is 0 Å². The average molecular weight is 129 g/mol. The molecule has 0 fully saturated rings. The van der Waals surface area contributed by atoms with Crippen LogP contribution in [0.15, 0.2) is 16.9 Å². The zero-order valence-corrected chi connectivity index (χ0v) is 4.93. The molecule has 0 spiro atoms. The fourth-order valence-electron chi connectivity index (χ4n) is 0.409. The Morgan fingerprint density at radius 2 is 2.50 bits per heavy atom. The SMILES string of the molecule is O=C(O)[SH]1C=[C]C=C1. The zero-order chi connectivity index (χ0) is 5.98. The number of hydrogen-bond acceptors (Lipinski definition) is 1. The van der Waals surface area contributed by atoms with Gasteiger partial charge in [0.1, 0.15) is 0 Å². The lowest BCUT2D eigenvalue weighted by Crippen LogP contribution is -1.85. The van der Waals surface area contributed by atoms with Crippen LogP contribution in [0.25, 0.3) is 0 Å². The van der Waals surface area contributed by atoms with Gasteiger partial charge in [-0.15, -0.1) is 10.9 Å². The Morgan fingerprint density at radius 1 is 1.75 bits per heavy atom. The number of rotatable bonds is 0. The van der Waals surface area contributed by atoms with Crippen molar-refractivity contribution in [3.63, 3.8) is 0 Å². The molecule has 1 unspecified atom stereocenters. The summed E-state index contributed by atoms with van der Waals surface area (Å²) >= 11 is 0. The highest BCUT2D eigenvalue weighted by Gasteiger charge is 2.05. The maximum atomic E-state index is 10.1. The second-order valence-corrected chi connectivity index (χ2v) is 3.05. The van der Waals surface area contributed by atoms with Crippen molar-refractivity contribution in [1.29, 1.82) is 0 Å². The fourth-order valence-corrected chi connectivity index (χ4v) is 1.23. The van der Waals surface area contributed by atoms with Crippen LogP contribution in [0.3, 0.4) is 0 Å². The summed E-state index contributed by atoms with van der Waals surface area (Å²) in [5.74, 6) is 0. The first-order valence-electron chi connectivity index (χ1n) is 2.08. The molecule has 0 amide bonds. The Morgan fingerprint density at radius 3 is 2.75 bits per heavy atom. The summed E-state index contributed by atoms with van der Waals surface area (Å²) < 4.78 is 0. The van der Waals surface area contributed by atoms with Gasteiger partial charge in [0.25, 0.3) is 0 Å². The second kappa shape index (κ2) is 2.05. The van der Waals surface area contributed by atoms with E-state index in [0.29, 0.717) is 0 Å². The lowest BCUT2D eigenvalue weighted by molar-refractivity contribution is 0.222. The van der Waals surface area contributed by atoms with Gasteiger partial charge in [0.2, 0.25) is 0 Å². The summed E-state index contributed by atoms with van der Waals surface area (Å²) in [7, 11) is -1.00. The zero-order valence-electron chi connectivity index (χ0n) is 4.03. The second-order valence-electron chi connectivity index (χ2n) is 1.30. The van der Waals surface area contributed by atoms with E-state index in [9.17, 15) is 4.79 Å². The Labute approximate surface area is 49.9 Å². The van der Waals surface area contributed by atoms with Crippen LogP contribution in [0.1, 0.15) is 0 Å². The first-order valence-corrected chi connectivity index (χ1v) is 3.56. The van der Waals surface area contributed by atoms with Crippen molar-refractivity contribution < 1.29 is 9.90 Å². The van der Waals surface area contributed by atoms with E-state index >= 15 is 0 Å². The van der Waals surface area contributed by atoms with Crippen LogP contribution in [-0.2, 0) is 0 Å². The van der Waals surface area contributed by atoms with Gasteiger partial charge in [-0.05, 0) is 23.0 Å². The minimum Gasteiger partial charge on any atom is -0.474 e. The van der Waals surface area contributed by atoms with Gasteiger partial charge in [-0.2, -0.15) is 0 Å². The largest absolute Gasteiger partial charge is 0.474 e. The van der Waals surface area contributed by atoms with E-state index in [1.807, 2.05) is 0 Å². The smallest absolute Gasteiger partial charge is 0.351 e. The highest BCUT2D eigenvalue weighted by atomic mass is 32.2. The summed E-state index contributed by atoms with van der Waals surface area (Å²) in [5, 5.41) is 10.8. The monoisotopic (exact) mass is 129 g/mol. The van der Waals surface area contributed by atoms with Crippen molar-refractivity contribution >= 4 is 16.2 Å². The van der Waals surface area contributed by atoms with Crippen molar-refractivity contribution in [2.45, 2.75) is 0 Å². The van der Waals surface area contributed by atoms with Crippen LogP contribution in [0, 0.1) is 6.08 Å². The molecule has 0 aliphatic carbocycles. The van der Waals surface area contributed by atoms with Crippen LogP contribution >= 0.6 is 10.9 Å². The molecular formula is C5H5O2S. The molecule has 0 aromatic heterocycles. The van der Waals surface area contributed by atoms with Gasteiger partial charge in [0.15, 0.2) is 0 Å². The van der Waals surface area contributed by atoms with Crippen LogP contribution in [0.5, 0.6) is 0 Å². The third-order valence-electron chi connectivity index (χ3n) is 0.766. The predicted molar refractivity (Wildman–Crippen MR) is 34.0 cm³/mol. The van der Waals surface area contributed by atoms with Crippen LogP contribution < -0.4 is 0 Å². The van der Waals surface area contributed by atoms with Crippen molar-refractivity contribution in [2.24, 2.45) is 0 Å². The van der Waals surface area contributed by atoms with Gasteiger partial charge in [-0.3, -0.25) is 0 Å². The standard InChI is InChI=1S/C5H5O2S/c6-5(7)8-3-1-2-4-8/h1,3-4,8H,(H,6,7). The molecule has 1 heterocycles. The Kier molecular flexibility index (Phi) is 1.39.